The van der Waals surface area contributed by atoms with Gasteiger partial charge in [0.05, 0.1) is 19.1 Å². The summed E-state index contributed by atoms with van der Waals surface area (Å²) in [5, 5.41) is 3.37. The number of carbonyl (C=O) groups is 1. The van der Waals surface area contributed by atoms with Crippen molar-refractivity contribution in [3.05, 3.63) is 35.9 Å². The molecular formula is C17H25NO3. The highest BCUT2D eigenvalue weighted by molar-refractivity contribution is 5.78. The number of esters is 1. The van der Waals surface area contributed by atoms with E-state index in [9.17, 15) is 4.79 Å². The summed E-state index contributed by atoms with van der Waals surface area (Å²) in [6, 6.07) is 9.77. The number of methoxy groups -OCH3 is 1. The van der Waals surface area contributed by atoms with Gasteiger partial charge in [0.15, 0.2) is 0 Å². The fourth-order valence-electron chi connectivity index (χ4n) is 2.71. The van der Waals surface area contributed by atoms with Crippen LogP contribution in [-0.2, 0) is 14.3 Å². The molecule has 0 radical (unpaired) electrons. The number of nitrogens with one attached hydrogen (secondary N) is 1. The van der Waals surface area contributed by atoms with E-state index in [1.54, 1.807) is 0 Å². The van der Waals surface area contributed by atoms with Gasteiger partial charge in [-0.3, -0.25) is 4.79 Å². The molecule has 21 heavy (non-hydrogen) atoms. The van der Waals surface area contributed by atoms with Crippen LogP contribution in [0.2, 0.25) is 0 Å². The minimum absolute atomic E-state index is 0.192. The summed E-state index contributed by atoms with van der Waals surface area (Å²) in [4.78, 5) is 11.9. The van der Waals surface area contributed by atoms with Gasteiger partial charge in [0.2, 0.25) is 0 Å². The molecule has 0 amide bonds. The summed E-state index contributed by atoms with van der Waals surface area (Å²) < 4.78 is 10.6. The van der Waals surface area contributed by atoms with E-state index in [0.717, 1.165) is 31.6 Å². The third kappa shape index (κ3) is 5.14. The Morgan fingerprint density at radius 1 is 1.38 bits per heavy atom. The third-order valence-electron chi connectivity index (χ3n) is 3.95. The van der Waals surface area contributed by atoms with Gasteiger partial charge in [-0.05, 0) is 37.8 Å². The molecule has 1 fully saturated rings. The first kappa shape index (κ1) is 16.0. The van der Waals surface area contributed by atoms with Crippen LogP contribution in [0.25, 0.3) is 0 Å². The van der Waals surface area contributed by atoms with Crippen molar-refractivity contribution in [3.8, 4) is 0 Å². The zero-order chi connectivity index (χ0) is 14.9. The van der Waals surface area contributed by atoms with Crippen molar-refractivity contribution in [2.45, 2.75) is 37.7 Å². The maximum absolute atomic E-state index is 11.9. The van der Waals surface area contributed by atoms with Crippen LogP contribution in [0, 0.1) is 0 Å². The van der Waals surface area contributed by atoms with Crippen LogP contribution in [-0.4, -0.2) is 38.9 Å². The molecule has 1 aliphatic rings. The molecule has 4 nitrogen and oxygen atoms in total. The smallest absolute Gasteiger partial charge is 0.314 e. The summed E-state index contributed by atoms with van der Waals surface area (Å²) in [5.41, 5.74) is 0.991. The highest BCUT2D eigenvalue weighted by Gasteiger charge is 2.21. The SMILES string of the molecule is COC(=O)C(CNCCC1CCCCO1)c1ccccc1. The molecule has 0 aliphatic carbocycles. The summed E-state index contributed by atoms with van der Waals surface area (Å²) in [6.45, 7) is 2.36. The van der Waals surface area contributed by atoms with Gasteiger partial charge in [0.25, 0.3) is 0 Å². The van der Waals surface area contributed by atoms with E-state index >= 15 is 0 Å². The van der Waals surface area contributed by atoms with Crippen molar-refractivity contribution in [1.82, 2.24) is 5.32 Å². The number of hydrogen-bond acceptors (Lipinski definition) is 4. The van der Waals surface area contributed by atoms with E-state index in [-0.39, 0.29) is 11.9 Å². The second-order valence-electron chi connectivity index (χ2n) is 5.47. The van der Waals surface area contributed by atoms with Gasteiger partial charge in [0.1, 0.15) is 0 Å². The van der Waals surface area contributed by atoms with Gasteiger partial charge in [0, 0.05) is 13.2 Å². The first-order valence-electron chi connectivity index (χ1n) is 7.76. The molecule has 1 aliphatic heterocycles. The van der Waals surface area contributed by atoms with Crippen LogP contribution in [0.15, 0.2) is 30.3 Å². The quantitative estimate of drug-likeness (QED) is 0.619. The summed E-state index contributed by atoms with van der Waals surface area (Å²) in [6.07, 6.45) is 4.98. The Kier molecular flexibility index (Phi) is 6.70. The average Bonchev–Trinajstić information content (AvgIpc) is 2.56. The first-order valence-corrected chi connectivity index (χ1v) is 7.76. The Hall–Kier alpha value is -1.39. The Morgan fingerprint density at radius 2 is 2.19 bits per heavy atom. The normalized spacial score (nSPS) is 20.0. The molecule has 1 aromatic carbocycles. The Bertz CT molecular complexity index is 415. The van der Waals surface area contributed by atoms with Crippen LogP contribution in [0.4, 0.5) is 0 Å². The van der Waals surface area contributed by atoms with Crippen LogP contribution in [0.1, 0.15) is 37.2 Å². The molecule has 2 atom stereocenters. The first-order chi connectivity index (χ1) is 10.3. The molecule has 116 valence electrons. The van der Waals surface area contributed by atoms with Crippen LogP contribution >= 0.6 is 0 Å². The highest BCUT2D eigenvalue weighted by atomic mass is 16.5. The van der Waals surface area contributed by atoms with Crippen molar-refractivity contribution in [2.75, 3.05) is 26.8 Å². The van der Waals surface area contributed by atoms with E-state index in [4.69, 9.17) is 9.47 Å². The van der Waals surface area contributed by atoms with Gasteiger partial charge in [-0.25, -0.2) is 0 Å². The van der Waals surface area contributed by atoms with Crippen LogP contribution in [0.5, 0.6) is 0 Å². The predicted molar refractivity (Wildman–Crippen MR) is 82.3 cm³/mol. The minimum atomic E-state index is -0.247. The third-order valence-corrected chi connectivity index (χ3v) is 3.95. The fourth-order valence-corrected chi connectivity index (χ4v) is 2.71. The predicted octanol–water partition coefficient (Wildman–Crippen LogP) is 2.49. The average molecular weight is 291 g/mol. The van der Waals surface area contributed by atoms with Crippen molar-refractivity contribution in [1.29, 1.82) is 0 Å². The summed E-state index contributed by atoms with van der Waals surface area (Å²) >= 11 is 0. The van der Waals surface area contributed by atoms with Gasteiger partial charge in [-0.15, -0.1) is 0 Å². The molecule has 1 saturated heterocycles. The number of ether oxygens (including phenoxy) is 2. The largest absolute Gasteiger partial charge is 0.469 e. The van der Waals surface area contributed by atoms with Crippen molar-refractivity contribution in [3.63, 3.8) is 0 Å². The van der Waals surface area contributed by atoms with E-state index < -0.39 is 0 Å². The van der Waals surface area contributed by atoms with Crippen molar-refractivity contribution >= 4 is 5.97 Å². The molecule has 1 aromatic rings. The maximum atomic E-state index is 11.9. The Labute approximate surface area is 126 Å². The molecular weight excluding hydrogens is 266 g/mol. The lowest BCUT2D eigenvalue weighted by atomic mass is 9.99. The van der Waals surface area contributed by atoms with Crippen molar-refractivity contribution < 1.29 is 14.3 Å². The summed E-state index contributed by atoms with van der Waals surface area (Å²) in [7, 11) is 1.44. The zero-order valence-electron chi connectivity index (χ0n) is 12.7. The molecule has 0 spiro atoms. The van der Waals surface area contributed by atoms with E-state index in [1.807, 2.05) is 30.3 Å². The van der Waals surface area contributed by atoms with Gasteiger partial charge >= 0.3 is 5.97 Å². The number of benzene rings is 1. The molecule has 1 N–H and O–H groups in total. The number of rotatable bonds is 7. The van der Waals surface area contributed by atoms with E-state index in [0.29, 0.717) is 12.6 Å². The highest BCUT2D eigenvalue weighted by Crippen LogP contribution is 2.17. The van der Waals surface area contributed by atoms with E-state index in [1.165, 1.54) is 20.0 Å². The van der Waals surface area contributed by atoms with Gasteiger partial charge in [-0.2, -0.15) is 0 Å². The lowest BCUT2D eigenvalue weighted by molar-refractivity contribution is -0.142. The molecule has 4 heteroatoms. The standard InChI is InChI=1S/C17H25NO3/c1-20-17(19)16(14-7-3-2-4-8-14)13-18-11-10-15-9-5-6-12-21-15/h2-4,7-8,15-16,18H,5-6,9-13H2,1H3. The molecule has 0 aromatic heterocycles. The molecule has 1 heterocycles. The molecule has 2 unspecified atom stereocenters. The topological polar surface area (TPSA) is 47.6 Å². The van der Waals surface area contributed by atoms with Crippen LogP contribution in [0.3, 0.4) is 0 Å². The Balaban J connectivity index is 1.78. The Morgan fingerprint density at radius 3 is 2.86 bits per heavy atom. The second-order valence-corrected chi connectivity index (χ2v) is 5.47. The lowest BCUT2D eigenvalue weighted by Gasteiger charge is -2.23. The summed E-state index contributed by atoms with van der Waals surface area (Å²) in [5.74, 6) is -0.439. The maximum Gasteiger partial charge on any atom is 0.314 e. The molecule has 2 rings (SSSR count). The van der Waals surface area contributed by atoms with Gasteiger partial charge in [-0.1, -0.05) is 30.3 Å². The van der Waals surface area contributed by atoms with E-state index in [2.05, 4.69) is 5.32 Å². The second kappa shape index (κ2) is 8.80. The number of hydrogen-bond donors (Lipinski definition) is 1. The number of carbonyl (C=O) groups excluding carboxylic acids is 1. The molecule has 0 bridgehead atoms. The fraction of sp³-hybridized carbons (Fsp3) is 0.588. The molecule has 0 saturated carbocycles. The van der Waals surface area contributed by atoms with Gasteiger partial charge < -0.3 is 14.8 Å². The van der Waals surface area contributed by atoms with Crippen molar-refractivity contribution in [2.24, 2.45) is 0 Å². The zero-order valence-corrected chi connectivity index (χ0v) is 12.7. The van der Waals surface area contributed by atoms with Crippen LogP contribution < -0.4 is 5.32 Å². The lowest BCUT2D eigenvalue weighted by Crippen LogP contribution is -2.31. The minimum Gasteiger partial charge on any atom is -0.469 e. The monoisotopic (exact) mass is 291 g/mol.